The van der Waals surface area contributed by atoms with Gasteiger partial charge in [-0.2, -0.15) is 13.2 Å². The van der Waals surface area contributed by atoms with E-state index in [0.29, 0.717) is 31.1 Å². The van der Waals surface area contributed by atoms with Crippen LogP contribution in [0.25, 0.3) is 0 Å². The van der Waals surface area contributed by atoms with Crippen molar-refractivity contribution in [2.24, 2.45) is 5.92 Å². The number of morpholine rings is 1. The number of halogens is 3. The SMILES string of the molecule is O=C(C1CCCC1)N1CCO[C@H](c2cccc(Cc3ccccc3C(F)(F)F)n2)C1. The second kappa shape index (κ2) is 8.76. The van der Waals surface area contributed by atoms with E-state index in [0.717, 1.165) is 31.7 Å². The zero-order valence-corrected chi connectivity index (χ0v) is 16.7. The number of rotatable bonds is 4. The Morgan fingerprint density at radius 2 is 1.87 bits per heavy atom. The Hall–Kier alpha value is -2.41. The molecule has 0 bridgehead atoms. The van der Waals surface area contributed by atoms with Gasteiger partial charge in [-0.1, -0.05) is 37.1 Å². The van der Waals surface area contributed by atoms with E-state index in [4.69, 9.17) is 4.74 Å². The molecule has 2 aromatic rings. The van der Waals surface area contributed by atoms with Gasteiger partial charge in [0.15, 0.2) is 0 Å². The Morgan fingerprint density at radius 1 is 1.10 bits per heavy atom. The summed E-state index contributed by atoms with van der Waals surface area (Å²) < 4.78 is 45.7. The fraction of sp³-hybridized carbons (Fsp3) is 0.478. The number of alkyl halides is 3. The summed E-state index contributed by atoms with van der Waals surface area (Å²) in [6.07, 6.45) is -0.564. The van der Waals surface area contributed by atoms with Crippen molar-refractivity contribution < 1.29 is 22.7 Å². The number of amides is 1. The van der Waals surface area contributed by atoms with Gasteiger partial charge in [-0.15, -0.1) is 0 Å². The maximum atomic E-state index is 13.3. The molecule has 1 saturated heterocycles. The largest absolute Gasteiger partial charge is 0.416 e. The third-order valence-electron chi connectivity index (χ3n) is 5.94. The molecule has 4 nitrogen and oxygen atoms in total. The minimum Gasteiger partial charge on any atom is -0.368 e. The fourth-order valence-electron chi connectivity index (χ4n) is 4.38. The van der Waals surface area contributed by atoms with Crippen LogP contribution in [0.3, 0.4) is 0 Å². The van der Waals surface area contributed by atoms with Crippen molar-refractivity contribution in [3.63, 3.8) is 0 Å². The molecule has 1 aliphatic heterocycles. The van der Waals surface area contributed by atoms with Crippen LogP contribution in [0.4, 0.5) is 13.2 Å². The predicted molar refractivity (Wildman–Crippen MR) is 106 cm³/mol. The van der Waals surface area contributed by atoms with E-state index >= 15 is 0 Å². The Morgan fingerprint density at radius 3 is 2.63 bits per heavy atom. The maximum absolute atomic E-state index is 13.3. The van der Waals surface area contributed by atoms with Crippen LogP contribution in [-0.4, -0.2) is 35.5 Å². The van der Waals surface area contributed by atoms with E-state index in [9.17, 15) is 18.0 Å². The molecule has 30 heavy (non-hydrogen) atoms. The molecule has 0 radical (unpaired) electrons. The molecule has 2 fully saturated rings. The number of benzene rings is 1. The minimum absolute atomic E-state index is 0.0843. The molecule has 1 atom stereocenters. The van der Waals surface area contributed by atoms with E-state index in [1.165, 1.54) is 12.1 Å². The van der Waals surface area contributed by atoms with Crippen LogP contribution in [0.15, 0.2) is 42.5 Å². The molecular weight excluding hydrogens is 393 g/mol. The predicted octanol–water partition coefficient (Wildman–Crippen LogP) is 4.78. The minimum atomic E-state index is -4.40. The molecule has 0 spiro atoms. The molecule has 160 valence electrons. The highest BCUT2D eigenvalue weighted by Gasteiger charge is 2.34. The Kier molecular flexibility index (Phi) is 6.09. The van der Waals surface area contributed by atoms with Crippen molar-refractivity contribution in [3.8, 4) is 0 Å². The number of hydrogen-bond donors (Lipinski definition) is 0. The Balaban J connectivity index is 1.49. The topological polar surface area (TPSA) is 42.4 Å². The highest BCUT2D eigenvalue weighted by molar-refractivity contribution is 5.79. The van der Waals surface area contributed by atoms with E-state index in [-0.39, 0.29) is 29.9 Å². The normalized spacial score (nSPS) is 20.5. The van der Waals surface area contributed by atoms with Crippen LogP contribution in [0.5, 0.6) is 0 Å². The molecule has 2 aliphatic rings. The number of nitrogens with zero attached hydrogens (tertiary/aromatic N) is 2. The third kappa shape index (κ3) is 4.67. The first-order chi connectivity index (χ1) is 14.4. The molecule has 0 unspecified atom stereocenters. The summed E-state index contributed by atoms with van der Waals surface area (Å²) >= 11 is 0. The Bertz CT molecular complexity index is 894. The highest BCUT2D eigenvalue weighted by atomic mass is 19.4. The molecule has 2 heterocycles. The number of carbonyl (C=O) groups is 1. The van der Waals surface area contributed by atoms with E-state index in [1.807, 2.05) is 11.0 Å². The summed E-state index contributed by atoms with van der Waals surface area (Å²) in [7, 11) is 0. The summed E-state index contributed by atoms with van der Waals surface area (Å²) in [6.45, 7) is 1.45. The maximum Gasteiger partial charge on any atom is 0.416 e. The van der Waals surface area contributed by atoms with Crippen molar-refractivity contribution in [1.82, 2.24) is 9.88 Å². The molecule has 1 amide bonds. The second-order valence-corrected chi connectivity index (χ2v) is 8.01. The zero-order chi connectivity index (χ0) is 21.1. The lowest BCUT2D eigenvalue weighted by Crippen LogP contribution is -2.44. The first kappa shape index (κ1) is 20.8. The number of aromatic nitrogens is 1. The van der Waals surface area contributed by atoms with Crippen molar-refractivity contribution >= 4 is 5.91 Å². The lowest BCUT2D eigenvalue weighted by atomic mass is 10.0. The van der Waals surface area contributed by atoms with E-state index in [2.05, 4.69) is 4.98 Å². The van der Waals surface area contributed by atoms with Crippen LogP contribution in [0.1, 0.15) is 54.3 Å². The molecule has 1 aromatic carbocycles. The first-order valence-corrected chi connectivity index (χ1v) is 10.4. The molecule has 1 aliphatic carbocycles. The summed E-state index contributed by atoms with van der Waals surface area (Å²) in [4.78, 5) is 19.2. The van der Waals surface area contributed by atoms with Crippen molar-refractivity contribution in [1.29, 1.82) is 0 Å². The van der Waals surface area contributed by atoms with Gasteiger partial charge in [0.2, 0.25) is 5.91 Å². The molecular formula is C23H25F3N2O2. The lowest BCUT2D eigenvalue weighted by molar-refractivity contribution is -0.143. The van der Waals surface area contributed by atoms with Crippen molar-refractivity contribution in [2.45, 2.75) is 44.4 Å². The first-order valence-electron chi connectivity index (χ1n) is 10.4. The summed E-state index contributed by atoms with van der Waals surface area (Å²) in [5.74, 6) is 0.304. The summed E-state index contributed by atoms with van der Waals surface area (Å²) in [6, 6.07) is 10.9. The molecule has 1 aromatic heterocycles. The van der Waals surface area contributed by atoms with Crippen molar-refractivity contribution in [3.05, 3.63) is 65.0 Å². The van der Waals surface area contributed by atoms with Crippen LogP contribution in [0.2, 0.25) is 0 Å². The van der Waals surface area contributed by atoms with Crippen molar-refractivity contribution in [2.75, 3.05) is 19.7 Å². The van der Waals surface area contributed by atoms with Gasteiger partial charge in [-0.25, -0.2) is 0 Å². The number of hydrogen-bond acceptors (Lipinski definition) is 3. The fourth-order valence-corrected chi connectivity index (χ4v) is 4.38. The average molecular weight is 418 g/mol. The summed E-state index contributed by atoms with van der Waals surface area (Å²) in [5, 5.41) is 0. The highest BCUT2D eigenvalue weighted by Crippen LogP contribution is 2.33. The van der Waals surface area contributed by atoms with Gasteiger partial charge in [-0.3, -0.25) is 9.78 Å². The molecule has 1 saturated carbocycles. The van der Waals surface area contributed by atoms with Crippen LogP contribution < -0.4 is 0 Å². The molecule has 0 N–H and O–H groups in total. The average Bonchev–Trinajstić information content (AvgIpc) is 3.28. The monoisotopic (exact) mass is 418 g/mol. The van der Waals surface area contributed by atoms with Gasteiger partial charge in [0.1, 0.15) is 6.10 Å². The molecule has 4 rings (SSSR count). The van der Waals surface area contributed by atoms with Gasteiger partial charge < -0.3 is 9.64 Å². The second-order valence-electron chi connectivity index (χ2n) is 8.01. The van der Waals surface area contributed by atoms with Crippen LogP contribution in [-0.2, 0) is 22.1 Å². The standard InChI is InChI=1S/C23H25F3N2O2/c24-23(25,26)19-10-4-3-8-17(19)14-18-9-5-11-20(27-18)21-15-28(12-13-30-21)22(29)16-6-1-2-7-16/h3-5,8-11,16,21H,1-2,6-7,12-15H2/t21-/m0/s1. The third-order valence-corrected chi connectivity index (χ3v) is 5.94. The zero-order valence-electron chi connectivity index (χ0n) is 16.7. The smallest absolute Gasteiger partial charge is 0.368 e. The van der Waals surface area contributed by atoms with Gasteiger partial charge in [0.25, 0.3) is 0 Å². The van der Waals surface area contributed by atoms with Crippen LogP contribution >= 0.6 is 0 Å². The lowest BCUT2D eigenvalue weighted by Gasteiger charge is -2.34. The summed E-state index contributed by atoms with van der Waals surface area (Å²) in [5.41, 5.74) is 0.754. The number of carbonyl (C=O) groups excluding carboxylic acids is 1. The quantitative estimate of drug-likeness (QED) is 0.718. The van der Waals surface area contributed by atoms with Crippen LogP contribution in [0, 0.1) is 5.92 Å². The number of pyridine rings is 1. The van der Waals surface area contributed by atoms with Gasteiger partial charge in [0.05, 0.1) is 24.4 Å². The van der Waals surface area contributed by atoms with Gasteiger partial charge in [0, 0.05) is 24.6 Å². The Labute approximate surface area is 174 Å². The molecule has 7 heteroatoms. The van der Waals surface area contributed by atoms with Gasteiger partial charge >= 0.3 is 6.18 Å². The number of ether oxygens (including phenoxy) is 1. The van der Waals surface area contributed by atoms with E-state index < -0.39 is 11.7 Å². The van der Waals surface area contributed by atoms with E-state index in [1.54, 1.807) is 18.2 Å². The van der Waals surface area contributed by atoms with Gasteiger partial charge in [-0.05, 0) is 36.6 Å².